The SMILES string of the molecule is Cc1ccc(C(Nc2c(Nc3c(F)ccc4c3C(=O)N[C@H]4C)c(=O)c2=O)C(C)(C)C)o1. The van der Waals surface area contributed by atoms with Gasteiger partial charge in [-0.25, -0.2) is 4.39 Å². The highest BCUT2D eigenvalue weighted by Gasteiger charge is 2.35. The number of rotatable bonds is 5. The molecule has 8 heteroatoms. The molecule has 162 valence electrons. The average Bonchev–Trinajstić information content (AvgIpc) is 3.23. The maximum atomic E-state index is 14.6. The molecule has 1 aliphatic heterocycles. The topological polar surface area (TPSA) is 100 Å². The number of carbonyl (C=O) groups is 1. The standard InChI is InChI=1S/C23H24FN3O4/c1-10-6-9-14(31-10)21(23(3,4)5)27-18-17(19(28)20(18)29)26-16-13(24)8-7-12-11(2)25-22(30)15(12)16/h6-9,11,21,26-27H,1-5H3,(H,25,30)/t11-,21?/m0/s1. The van der Waals surface area contributed by atoms with E-state index in [2.05, 4.69) is 16.0 Å². The first-order valence-corrected chi connectivity index (χ1v) is 10.1. The predicted octanol–water partition coefficient (Wildman–Crippen LogP) is 4.07. The van der Waals surface area contributed by atoms with Crippen LogP contribution in [0.4, 0.5) is 21.5 Å². The Kier molecular flexibility index (Phi) is 4.76. The molecule has 31 heavy (non-hydrogen) atoms. The molecule has 0 saturated heterocycles. The first-order chi connectivity index (χ1) is 14.5. The van der Waals surface area contributed by atoms with E-state index in [1.54, 1.807) is 6.92 Å². The summed E-state index contributed by atoms with van der Waals surface area (Å²) in [6, 6.07) is 5.71. The van der Waals surface area contributed by atoms with Gasteiger partial charge >= 0.3 is 0 Å². The average molecular weight is 425 g/mol. The Morgan fingerprint density at radius 2 is 1.71 bits per heavy atom. The molecule has 0 aliphatic carbocycles. The number of hydrogen-bond acceptors (Lipinski definition) is 6. The largest absolute Gasteiger partial charge is 0.464 e. The molecule has 0 fully saturated rings. The van der Waals surface area contributed by atoms with Gasteiger partial charge in [0.15, 0.2) is 0 Å². The fourth-order valence-corrected chi connectivity index (χ4v) is 3.91. The van der Waals surface area contributed by atoms with Gasteiger partial charge in [-0.2, -0.15) is 0 Å². The zero-order valence-electron chi connectivity index (χ0n) is 18.0. The van der Waals surface area contributed by atoms with E-state index in [-0.39, 0.29) is 34.1 Å². The lowest BCUT2D eigenvalue weighted by molar-refractivity contribution is 0.0959. The van der Waals surface area contributed by atoms with Crippen LogP contribution in [0, 0.1) is 18.2 Å². The molecule has 0 spiro atoms. The van der Waals surface area contributed by atoms with Crippen LogP contribution in [0.25, 0.3) is 0 Å². The molecule has 0 bridgehead atoms. The van der Waals surface area contributed by atoms with Crippen LogP contribution in [0.15, 0.2) is 38.3 Å². The second-order valence-corrected chi connectivity index (χ2v) is 9.01. The van der Waals surface area contributed by atoms with Crippen LogP contribution in [0.3, 0.4) is 0 Å². The van der Waals surface area contributed by atoms with Crippen molar-refractivity contribution in [1.82, 2.24) is 5.32 Å². The zero-order chi connectivity index (χ0) is 22.7. The Hall–Kier alpha value is -3.42. The summed E-state index contributed by atoms with van der Waals surface area (Å²) < 4.78 is 20.4. The number of fused-ring (bicyclic) bond motifs is 1. The number of anilines is 3. The normalized spacial score (nSPS) is 16.8. The summed E-state index contributed by atoms with van der Waals surface area (Å²) >= 11 is 0. The lowest BCUT2D eigenvalue weighted by Crippen LogP contribution is -2.39. The van der Waals surface area contributed by atoms with Gasteiger partial charge in [0.05, 0.1) is 23.3 Å². The third-order valence-electron chi connectivity index (χ3n) is 5.59. The molecule has 1 aliphatic rings. The lowest BCUT2D eigenvalue weighted by Gasteiger charge is -2.31. The van der Waals surface area contributed by atoms with Crippen molar-refractivity contribution in [3.8, 4) is 0 Å². The van der Waals surface area contributed by atoms with Gasteiger partial charge in [-0.1, -0.05) is 26.8 Å². The molecule has 0 saturated carbocycles. The number of halogens is 1. The molecule has 2 heterocycles. The number of furan rings is 1. The lowest BCUT2D eigenvalue weighted by atomic mass is 9.85. The van der Waals surface area contributed by atoms with E-state index in [9.17, 15) is 18.8 Å². The van der Waals surface area contributed by atoms with Crippen molar-refractivity contribution in [1.29, 1.82) is 0 Å². The third kappa shape index (κ3) is 3.41. The summed E-state index contributed by atoms with van der Waals surface area (Å²) in [5, 5.41) is 8.56. The minimum Gasteiger partial charge on any atom is -0.464 e. The van der Waals surface area contributed by atoms with E-state index in [0.29, 0.717) is 11.3 Å². The van der Waals surface area contributed by atoms with Crippen LogP contribution < -0.4 is 26.8 Å². The smallest absolute Gasteiger partial charge is 0.254 e. The Balaban J connectivity index is 1.73. The van der Waals surface area contributed by atoms with Gasteiger partial charge in [-0.15, -0.1) is 0 Å². The molecule has 1 amide bonds. The maximum Gasteiger partial charge on any atom is 0.254 e. The Morgan fingerprint density at radius 1 is 1.03 bits per heavy atom. The van der Waals surface area contributed by atoms with Crippen molar-refractivity contribution in [3.05, 3.63) is 73.2 Å². The molecule has 3 aromatic rings. The van der Waals surface area contributed by atoms with Gasteiger partial charge in [-0.05, 0) is 43.0 Å². The fourth-order valence-electron chi connectivity index (χ4n) is 3.91. The van der Waals surface area contributed by atoms with Crippen LogP contribution in [0.5, 0.6) is 0 Å². The van der Waals surface area contributed by atoms with Gasteiger partial charge in [-0.3, -0.25) is 14.4 Å². The molecule has 0 radical (unpaired) electrons. The van der Waals surface area contributed by atoms with Gasteiger partial charge < -0.3 is 20.4 Å². The van der Waals surface area contributed by atoms with Crippen molar-refractivity contribution < 1.29 is 13.6 Å². The van der Waals surface area contributed by atoms with Crippen LogP contribution in [0.2, 0.25) is 0 Å². The highest BCUT2D eigenvalue weighted by atomic mass is 19.1. The van der Waals surface area contributed by atoms with E-state index in [1.807, 2.05) is 39.8 Å². The van der Waals surface area contributed by atoms with Crippen LogP contribution in [-0.4, -0.2) is 5.91 Å². The highest BCUT2D eigenvalue weighted by Crippen LogP contribution is 2.39. The molecule has 1 unspecified atom stereocenters. The number of carbonyl (C=O) groups excluding carboxylic acids is 1. The monoisotopic (exact) mass is 425 g/mol. The molecule has 3 N–H and O–H groups in total. The Morgan fingerprint density at radius 3 is 2.32 bits per heavy atom. The van der Waals surface area contributed by atoms with Crippen LogP contribution in [-0.2, 0) is 0 Å². The number of nitrogens with one attached hydrogen (secondary N) is 3. The van der Waals surface area contributed by atoms with Gasteiger partial charge in [0.1, 0.15) is 28.7 Å². The second kappa shape index (κ2) is 7.08. The summed E-state index contributed by atoms with van der Waals surface area (Å²) in [6.07, 6.45) is 0. The molecule has 4 rings (SSSR count). The molecule has 1 aromatic heterocycles. The maximum absolute atomic E-state index is 14.6. The van der Waals surface area contributed by atoms with Crippen molar-refractivity contribution in [2.24, 2.45) is 5.41 Å². The summed E-state index contributed by atoms with van der Waals surface area (Å²) in [4.78, 5) is 37.1. The van der Waals surface area contributed by atoms with E-state index >= 15 is 0 Å². The van der Waals surface area contributed by atoms with E-state index in [1.165, 1.54) is 12.1 Å². The number of aryl methyl sites for hydroxylation is 1. The summed E-state index contributed by atoms with van der Waals surface area (Å²) in [6.45, 7) is 9.51. The first kappa shape index (κ1) is 20.8. The van der Waals surface area contributed by atoms with E-state index < -0.39 is 28.6 Å². The molecular formula is C23H24FN3O4. The van der Waals surface area contributed by atoms with Crippen molar-refractivity contribution in [2.45, 2.75) is 46.7 Å². The van der Waals surface area contributed by atoms with Crippen molar-refractivity contribution in [2.75, 3.05) is 10.6 Å². The predicted molar refractivity (Wildman–Crippen MR) is 116 cm³/mol. The molecule has 2 aromatic carbocycles. The number of benzene rings is 1. The highest BCUT2D eigenvalue weighted by molar-refractivity contribution is 6.05. The quantitative estimate of drug-likeness (QED) is 0.533. The van der Waals surface area contributed by atoms with Crippen LogP contribution >= 0.6 is 0 Å². The van der Waals surface area contributed by atoms with E-state index in [4.69, 9.17) is 4.42 Å². The molecule has 2 atom stereocenters. The number of amides is 1. The minimum atomic E-state index is -0.769. The van der Waals surface area contributed by atoms with Gasteiger partial charge in [0.2, 0.25) is 0 Å². The summed E-state index contributed by atoms with van der Waals surface area (Å²) in [5.74, 6) is 0.216. The minimum absolute atomic E-state index is 0.0439. The van der Waals surface area contributed by atoms with Crippen molar-refractivity contribution >= 4 is 23.0 Å². The Bertz CT molecular complexity index is 1260. The van der Waals surface area contributed by atoms with Crippen LogP contribution in [0.1, 0.15) is 67.2 Å². The van der Waals surface area contributed by atoms with Gasteiger partial charge in [0, 0.05) is 0 Å². The summed E-state index contributed by atoms with van der Waals surface area (Å²) in [7, 11) is 0. The Labute approximate surface area is 178 Å². The third-order valence-corrected chi connectivity index (χ3v) is 5.59. The second-order valence-electron chi connectivity index (χ2n) is 9.01. The van der Waals surface area contributed by atoms with Crippen molar-refractivity contribution in [3.63, 3.8) is 0 Å². The molecular weight excluding hydrogens is 401 g/mol. The molecule has 7 nitrogen and oxygen atoms in total. The number of hydrogen-bond donors (Lipinski definition) is 3. The fraction of sp³-hybridized carbons (Fsp3) is 0.348. The van der Waals surface area contributed by atoms with E-state index in [0.717, 1.165) is 5.76 Å². The van der Waals surface area contributed by atoms with Gasteiger partial charge in [0.25, 0.3) is 16.8 Å². The first-order valence-electron chi connectivity index (χ1n) is 10.1. The summed E-state index contributed by atoms with van der Waals surface area (Å²) in [5.41, 5.74) is -1.21. The zero-order valence-corrected chi connectivity index (χ0v) is 18.0.